The average molecular weight is 937 g/mol. The van der Waals surface area contributed by atoms with E-state index < -0.39 is 47.6 Å². The van der Waals surface area contributed by atoms with Gasteiger partial charge in [-0.15, -0.1) is 0 Å². The first kappa shape index (κ1) is 44.2. The number of anilines is 2. The van der Waals surface area contributed by atoms with Crippen LogP contribution in [0.4, 0.5) is 11.4 Å². The van der Waals surface area contributed by atoms with Crippen molar-refractivity contribution >= 4 is 76.8 Å². The summed E-state index contributed by atoms with van der Waals surface area (Å²) in [6.45, 7) is 3.64. The maximum atomic E-state index is 14.0. The van der Waals surface area contributed by atoms with Crippen LogP contribution in [0.1, 0.15) is 37.7 Å². The van der Waals surface area contributed by atoms with Crippen molar-refractivity contribution in [1.29, 1.82) is 0 Å². The Morgan fingerprint density at radius 3 is 2.08 bits per heavy atom. The lowest BCUT2D eigenvalue weighted by molar-refractivity contribution is 0.0739. The molecule has 7 aromatic rings. The zero-order valence-corrected chi connectivity index (χ0v) is 37.5. The first-order valence-corrected chi connectivity index (χ1v) is 23.9. The Balaban J connectivity index is 0.991. The molecule has 14 nitrogen and oxygen atoms in total. The Bertz CT molecular complexity index is 3170. The number of aromatic nitrogens is 4. The van der Waals surface area contributed by atoms with E-state index >= 15 is 0 Å². The number of methoxy groups -OCH3 is 1. The number of sulfone groups is 2. The Labute approximate surface area is 379 Å². The molecule has 1 aliphatic heterocycles. The van der Waals surface area contributed by atoms with E-state index in [1.54, 1.807) is 84.8 Å². The largest absolute Gasteiger partial charge is 0.495 e. The van der Waals surface area contributed by atoms with Crippen LogP contribution in [0.25, 0.3) is 21.9 Å². The summed E-state index contributed by atoms with van der Waals surface area (Å²) in [6, 6.07) is 32.3. The number of carbonyl (C=O) groups excluding carboxylic acids is 2. The quantitative estimate of drug-likeness (QED) is 0.117. The smallest absolute Gasteiger partial charge is 0.276 e. The summed E-state index contributed by atoms with van der Waals surface area (Å²) in [6.07, 6.45) is 2.22. The molecule has 0 atom stereocenters. The number of halogens is 2. The summed E-state index contributed by atoms with van der Waals surface area (Å²) in [5.74, 6) is -1.36. The Morgan fingerprint density at radius 2 is 1.36 bits per heavy atom. The lowest BCUT2D eigenvalue weighted by Gasteiger charge is -2.36. The van der Waals surface area contributed by atoms with Gasteiger partial charge in [-0.05, 0) is 58.8 Å². The molecule has 0 radical (unpaired) electrons. The van der Waals surface area contributed by atoms with Crippen molar-refractivity contribution in [1.82, 2.24) is 24.8 Å². The maximum Gasteiger partial charge on any atom is 0.276 e. The van der Waals surface area contributed by atoms with Gasteiger partial charge in [0.1, 0.15) is 5.75 Å². The van der Waals surface area contributed by atoms with E-state index in [1.165, 1.54) is 0 Å². The van der Waals surface area contributed by atoms with Crippen molar-refractivity contribution < 1.29 is 31.2 Å². The van der Waals surface area contributed by atoms with Crippen LogP contribution in [0.15, 0.2) is 132 Å². The van der Waals surface area contributed by atoms with E-state index in [4.69, 9.17) is 27.9 Å². The van der Waals surface area contributed by atoms with Gasteiger partial charge in [-0.25, -0.2) is 36.8 Å². The molecule has 0 spiro atoms. The molecular formula is C46H39Cl2N7O7S2. The third-order valence-electron chi connectivity index (χ3n) is 10.7. The summed E-state index contributed by atoms with van der Waals surface area (Å²) in [7, 11) is -6.62. The highest BCUT2D eigenvalue weighted by Gasteiger charge is 2.30. The predicted molar refractivity (Wildman–Crippen MR) is 245 cm³/mol. The van der Waals surface area contributed by atoms with Gasteiger partial charge in [-0.1, -0.05) is 114 Å². The van der Waals surface area contributed by atoms with Crippen LogP contribution in [0.5, 0.6) is 5.75 Å². The van der Waals surface area contributed by atoms with Crippen molar-refractivity contribution in [2.45, 2.75) is 28.7 Å². The van der Waals surface area contributed by atoms with Gasteiger partial charge < -0.3 is 19.9 Å². The number of para-hydroxylation sites is 2. The number of benzene rings is 5. The van der Waals surface area contributed by atoms with Crippen LogP contribution in [0, 0.1) is 6.92 Å². The van der Waals surface area contributed by atoms with Gasteiger partial charge in [0.05, 0.1) is 46.7 Å². The Hall–Kier alpha value is -6.46. The van der Waals surface area contributed by atoms with Gasteiger partial charge in [0.2, 0.25) is 30.0 Å². The van der Waals surface area contributed by atoms with E-state index in [-0.39, 0.29) is 27.2 Å². The average Bonchev–Trinajstić information content (AvgIpc) is 3.29. The molecule has 2 amide bonds. The number of amides is 2. The Morgan fingerprint density at radius 1 is 0.719 bits per heavy atom. The number of carbonyl (C=O) groups is 2. The lowest BCUT2D eigenvalue weighted by atomic mass is 9.97. The molecular weight excluding hydrogens is 898 g/mol. The maximum absolute atomic E-state index is 14.0. The van der Waals surface area contributed by atoms with Gasteiger partial charge in [0.25, 0.3) is 11.8 Å². The highest BCUT2D eigenvalue weighted by molar-refractivity contribution is 7.90. The fourth-order valence-electron chi connectivity index (χ4n) is 7.41. The van der Waals surface area contributed by atoms with E-state index in [2.05, 4.69) is 30.2 Å². The summed E-state index contributed by atoms with van der Waals surface area (Å²) in [5.41, 5.74) is 4.07. The number of aryl methyl sites for hydroxylation is 1. The second kappa shape index (κ2) is 18.3. The zero-order chi connectivity index (χ0) is 45.2. The molecule has 5 aromatic carbocycles. The zero-order valence-electron chi connectivity index (χ0n) is 34.4. The number of hydrogen-bond acceptors (Lipinski definition) is 12. The number of ether oxygens (including phenoxy) is 1. The minimum Gasteiger partial charge on any atom is -0.495 e. The molecule has 1 fully saturated rings. The summed E-state index contributed by atoms with van der Waals surface area (Å²) < 4.78 is 59.9. The number of nitrogens with zero attached hydrogens (tertiary/aromatic N) is 6. The van der Waals surface area contributed by atoms with Gasteiger partial charge in [0.15, 0.2) is 11.4 Å². The standard InChI is InChI=1S/C46H39Cl2N7O7S2/c1-29-14-16-30(17-15-29)27-63(58,59)45-49-25-36(47)41(52-45)43(56)51-38-11-7-9-31-24-32(18-19-35(31)38)34-10-4-3-8-33(34)28-64(60,61)46-50-26-37(48)42(53-46)44(57)55-22-20-54(21-23-55)39-12-5-6-13-40(39)62-2/h3-19,24-26H,20-23,27-28H2,1-2H3,(H,51,56). The van der Waals surface area contributed by atoms with Crippen LogP contribution < -0.4 is 15.0 Å². The Kier molecular flexibility index (Phi) is 12.6. The number of hydrogen-bond donors (Lipinski definition) is 1. The molecule has 1 saturated heterocycles. The molecule has 0 aliphatic carbocycles. The molecule has 0 saturated carbocycles. The monoisotopic (exact) mass is 935 g/mol. The topological polar surface area (TPSA) is 182 Å². The van der Waals surface area contributed by atoms with Crippen LogP contribution in [0.3, 0.4) is 0 Å². The number of fused-ring (bicyclic) bond motifs is 1. The summed E-state index contributed by atoms with van der Waals surface area (Å²) in [4.78, 5) is 47.3. The predicted octanol–water partition coefficient (Wildman–Crippen LogP) is 7.87. The van der Waals surface area contributed by atoms with Crippen LogP contribution >= 0.6 is 23.2 Å². The lowest BCUT2D eigenvalue weighted by Crippen LogP contribution is -2.49. The molecule has 18 heteroatoms. The van der Waals surface area contributed by atoms with Crippen molar-refractivity contribution in [3.8, 4) is 16.9 Å². The van der Waals surface area contributed by atoms with Crippen molar-refractivity contribution in [2.24, 2.45) is 0 Å². The van der Waals surface area contributed by atoms with E-state index in [9.17, 15) is 26.4 Å². The summed E-state index contributed by atoms with van der Waals surface area (Å²) in [5, 5.41) is 2.89. The first-order valence-electron chi connectivity index (χ1n) is 19.9. The van der Waals surface area contributed by atoms with Crippen molar-refractivity contribution in [3.63, 3.8) is 0 Å². The van der Waals surface area contributed by atoms with Crippen LogP contribution in [0.2, 0.25) is 10.0 Å². The molecule has 0 bridgehead atoms. The van der Waals surface area contributed by atoms with E-state index in [1.807, 2.05) is 43.3 Å². The highest BCUT2D eigenvalue weighted by Crippen LogP contribution is 2.33. The van der Waals surface area contributed by atoms with Crippen LogP contribution in [-0.4, -0.2) is 86.8 Å². The number of nitrogens with one attached hydrogen (secondary N) is 1. The van der Waals surface area contributed by atoms with Crippen molar-refractivity contribution in [3.05, 3.63) is 160 Å². The van der Waals surface area contributed by atoms with Crippen LogP contribution in [-0.2, 0) is 31.2 Å². The van der Waals surface area contributed by atoms with E-state index in [0.29, 0.717) is 64.9 Å². The SMILES string of the molecule is COc1ccccc1N1CCN(C(=O)c2nc(S(=O)(=O)Cc3ccccc3-c3ccc4c(NC(=O)c5nc(S(=O)(=O)Cc6ccc(C)cc6)ncc5Cl)cccc4c3)ncc2Cl)CC1. The number of piperazine rings is 1. The molecule has 2 aromatic heterocycles. The molecule has 8 rings (SSSR count). The van der Waals surface area contributed by atoms with Crippen molar-refractivity contribution in [2.75, 3.05) is 43.5 Å². The molecule has 326 valence electrons. The molecule has 1 N–H and O–H groups in total. The minimum absolute atomic E-state index is 0.0602. The summed E-state index contributed by atoms with van der Waals surface area (Å²) >= 11 is 12.7. The van der Waals surface area contributed by atoms with Gasteiger partial charge in [-0.3, -0.25) is 9.59 Å². The van der Waals surface area contributed by atoms with Gasteiger partial charge >= 0.3 is 0 Å². The molecule has 0 unspecified atom stereocenters. The second-order valence-corrected chi connectivity index (χ2v) is 19.6. The second-order valence-electron chi connectivity index (χ2n) is 15.0. The third-order valence-corrected chi connectivity index (χ3v) is 14.2. The fraction of sp³-hybridized carbons (Fsp3) is 0.174. The molecule has 3 heterocycles. The number of rotatable bonds is 12. The normalized spacial score (nSPS) is 13.2. The molecule has 64 heavy (non-hydrogen) atoms. The molecule has 1 aliphatic rings. The fourth-order valence-corrected chi connectivity index (χ4v) is 10.2. The van der Waals surface area contributed by atoms with E-state index in [0.717, 1.165) is 29.4 Å². The highest BCUT2D eigenvalue weighted by atomic mass is 35.5. The third kappa shape index (κ3) is 9.40. The minimum atomic E-state index is -4.20. The first-order chi connectivity index (χ1) is 30.7. The van der Waals surface area contributed by atoms with Gasteiger partial charge in [0, 0.05) is 37.3 Å². The van der Waals surface area contributed by atoms with Gasteiger partial charge in [-0.2, -0.15) is 0 Å².